The van der Waals surface area contributed by atoms with Gasteiger partial charge in [-0.3, -0.25) is 0 Å². The van der Waals surface area contributed by atoms with Crippen molar-refractivity contribution in [2.45, 2.75) is 46.2 Å². The highest BCUT2D eigenvalue weighted by atomic mass is 15.4. The molecule has 0 fully saturated rings. The highest BCUT2D eigenvalue weighted by Crippen LogP contribution is 2.12. The molecule has 0 saturated carbocycles. The molecular formula is C14H21N2+. The van der Waals surface area contributed by atoms with Crippen LogP contribution < -0.4 is 4.68 Å². The third-order valence-electron chi connectivity index (χ3n) is 3.11. The number of hydrogen-bond acceptors (Lipinski definition) is 0. The summed E-state index contributed by atoms with van der Waals surface area (Å²) in [5.74, 6) is 0. The van der Waals surface area contributed by atoms with Gasteiger partial charge in [0.1, 0.15) is 5.52 Å². The van der Waals surface area contributed by atoms with Gasteiger partial charge in [0.05, 0.1) is 11.9 Å². The number of rotatable bonds is 5. The van der Waals surface area contributed by atoms with Gasteiger partial charge in [-0.2, -0.15) is 4.68 Å². The van der Waals surface area contributed by atoms with Gasteiger partial charge in [-0.15, -0.1) is 4.68 Å². The molecule has 0 N–H and O–H groups in total. The Bertz CT molecular complexity index is 457. The van der Waals surface area contributed by atoms with E-state index in [1.54, 1.807) is 0 Å². The van der Waals surface area contributed by atoms with E-state index in [9.17, 15) is 0 Å². The number of aryl methyl sites for hydroxylation is 2. The smallest absolute Gasteiger partial charge is 0.153 e. The summed E-state index contributed by atoms with van der Waals surface area (Å²) in [5, 5.41) is 1.35. The number of unbranched alkanes of at least 4 members (excludes halogenated alkanes) is 2. The zero-order chi connectivity index (χ0) is 11.4. The van der Waals surface area contributed by atoms with E-state index in [-0.39, 0.29) is 0 Å². The summed E-state index contributed by atoms with van der Waals surface area (Å²) >= 11 is 0. The van der Waals surface area contributed by atoms with E-state index >= 15 is 0 Å². The van der Waals surface area contributed by atoms with Crippen LogP contribution in [0.25, 0.3) is 10.9 Å². The monoisotopic (exact) mass is 217 g/mol. The standard InChI is InChI=1S/C14H21N2/c1-3-5-8-11-16-14-10-7-6-9-13(14)12-15(16)4-2/h6-7,9-10,12H,3-5,8,11H2,1-2H3/q+1. The first-order valence-electron chi connectivity index (χ1n) is 6.34. The van der Waals surface area contributed by atoms with Gasteiger partial charge in [0, 0.05) is 0 Å². The molecule has 0 radical (unpaired) electrons. The normalized spacial score (nSPS) is 11.1. The van der Waals surface area contributed by atoms with Crippen LogP contribution in [0.15, 0.2) is 30.5 Å². The molecule has 2 nitrogen and oxygen atoms in total. The fraction of sp³-hybridized carbons (Fsp3) is 0.500. The van der Waals surface area contributed by atoms with E-state index in [1.807, 2.05) is 0 Å². The van der Waals surface area contributed by atoms with Gasteiger partial charge in [-0.25, -0.2) is 0 Å². The quantitative estimate of drug-likeness (QED) is 0.537. The van der Waals surface area contributed by atoms with E-state index in [0.29, 0.717) is 0 Å². The fourth-order valence-corrected chi connectivity index (χ4v) is 2.22. The van der Waals surface area contributed by atoms with Crippen molar-refractivity contribution in [1.29, 1.82) is 0 Å². The molecule has 0 aliphatic rings. The van der Waals surface area contributed by atoms with Crippen LogP contribution in [0.4, 0.5) is 0 Å². The second-order valence-corrected chi connectivity index (χ2v) is 4.27. The van der Waals surface area contributed by atoms with Crippen LogP contribution in [0.3, 0.4) is 0 Å². The van der Waals surface area contributed by atoms with Gasteiger partial charge in [-0.1, -0.05) is 31.9 Å². The minimum atomic E-state index is 1.04. The molecule has 0 amide bonds. The van der Waals surface area contributed by atoms with Crippen molar-refractivity contribution < 1.29 is 4.68 Å². The van der Waals surface area contributed by atoms with E-state index < -0.39 is 0 Å². The van der Waals surface area contributed by atoms with Crippen LogP contribution in [0.5, 0.6) is 0 Å². The molecular weight excluding hydrogens is 196 g/mol. The molecule has 0 atom stereocenters. The third-order valence-corrected chi connectivity index (χ3v) is 3.11. The van der Waals surface area contributed by atoms with Crippen molar-refractivity contribution in [1.82, 2.24) is 4.68 Å². The lowest BCUT2D eigenvalue weighted by Gasteiger charge is -2.02. The molecule has 86 valence electrons. The third kappa shape index (κ3) is 2.11. The van der Waals surface area contributed by atoms with Crippen molar-refractivity contribution in [2.75, 3.05) is 0 Å². The molecule has 16 heavy (non-hydrogen) atoms. The minimum absolute atomic E-state index is 1.04. The van der Waals surface area contributed by atoms with Crippen molar-refractivity contribution in [3.05, 3.63) is 30.5 Å². The van der Waals surface area contributed by atoms with Gasteiger partial charge < -0.3 is 0 Å². The zero-order valence-corrected chi connectivity index (χ0v) is 10.3. The van der Waals surface area contributed by atoms with E-state index in [4.69, 9.17) is 0 Å². The molecule has 0 bridgehead atoms. The number of fused-ring (bicyclic) bond motifs is 1. The Morgan fingerprint density at radius 2 is 1.94 bits per heavy atom. The lowest BCUT2D eigenvalue weighted by Crippen LogP contribution is -2.41. The molecule has 1 aromatic carbocycles. The Hall–Kier alpha value is -1.31. The molecule has 0 aliphatic carbocycles. The van der Waals surface area contributed by atoms with E-state index in [2.05, 4.69) is 53.7 Å². The second kappa shape index (κ2) is 5.15. The van der Waals surface area contributed by atoms with Crippen LogP contribution in [0, 0.1) is 0 Å². The van der Waals surface area contributed by atoms with Gasteiger partial charge >= 0.3 is 0 Å². The summed E-state index contributed by atoms with van der Waals surface area (Å²) in [6, 6.07) is 8.64. The Morgan fingerprint density at radius 3 is 2.69 bits per heavy atom. The molecule has 1 aromatic heterocycles. The van der Waals surface area contributed by atoms with E-state index in [1.165, 1.54) is 30.2 Å². The molecule has 2 heteroatoms. The Kier molecular flexibility index (Phi) is 3.60. The molecule has 2 rings (SSSR count). The summed E-state index contributed by atoms with van der Waals surface area (Å²) in [5.41, 5.74) is 1.36. The maximum absolute atomic E-state index is 2.41. The zero-order valence-electron chi connectivity index (χ0n) is 10.3. The maximum atomic E-state index is 2.41. The summed E-state index contributed by atoms with van der Waals surface area (Å²) in [6.07, 6.45) is 6.12. The first-order chi connectivity index (χ1) is 7.86. The first-order valence-corrected chi connectivity index (χ1v) is 6.34. The average Bonchev–Trinajstić information content (AvgIpc) is 2.68. The van der Waals surface area contributed by atoms with Crippen molar-refractivity contribution >= 4 is 10.9 Å². The van der Waals surface area contributed by atoms with Crippen LogP contribution in [-0.2, 0) is 13.1 Å². The van der Waals surface area contributed by atoms with Crippen LogP contribution in [0.1, 0.15) is 33.1 Å². The molecule has 2 aromatic rings. The van der Waals surface area contributed by atoms with Crippen molar-refractivity contribution in [3.8, 4) is 0 Å². The molecule has 0 spiro atoms. The van der Waals surface area contributed by atoms with Crippen LogP contribution in [-0.4, -0.2) is 4.68 Å². The minimum Gasteiger partial charge on any atom is -0.153 e. The Balaban J connectivity index is 2.32. The van der Waals surface area contributed by atoms with E-state index in [0.717, 1.165) is 13.1 Å². The van der Waals surface area contributed by atoms with Gasteiger partial charge in [-0.05, 0) is 25.5 Å². The summed E-state index contributed by atoms with van der Waals surface area (Å²) in [6.45, 7) is 6.63. The number of aromatic nitrogens is 2. The molecule has 0 unspecified atom stereocenters. The molecule has 1 heterocycles. The second-order valence-electron chi connectivity index (χ2n) is 4.27. The number of para-hydroxylation sites is 1. The SMILES string of the molecule is CCCCCn1c2ccccc2c[n+]1CC. The Morgan fingerprint density at radius 1 is 1.12 bits per heavy atom. The van der Waals surface area contributed by atoms with Gasteiger partial charge in [0.2, 0.25) is 6.20 Å². The topological polar surface area (TPSA) is 8.81 Å². The predicted octanol–water partition coefficient (Wildman–Crippen LogP) is 3.14. The van der Waals surface area contributed by atoms with Crippen LogP contribution in [0.2, 0.25) is 0 Å². The van der Waals surface area contributed by atoms with Gasteiger partial charge in [0.15, 0.2) is 6.54 Å². The van der Waals surface area contributed by atoms with Gasteiger partial charge in [0.25, 0.3) is 0 Å². The van der Waals surface area contributed by atoms with Crippen molar-refractivity contribution in [2.24, 2.45) is 0 Å². The highest BCUT2D eigenvalue weighted by Gasteiger charge is 2.12. The average molecular weight is 217 g/mol. The molecule has 0 saturated heterocycles. The number of benzene rings is 1. The lowest BCUT2D eigenvalue weighted by molar-refractivity contribution is -0.770. The fourth-order valence-electron chi connectivity index (χ4n) is 2.22. The number of hydrogen-bond donors (Lipinski definition) is 0. The first kappa shape index (κ1) is 11.2. The largest absolute Gasteiger partial charge is 0.203 e. The highest BCUT2D eigenvalue weighted by molar-refractivity contribution is 5.77. The van der Waals surface area contributed by atoms with Crippen molar-refractivity contribution in [3.63, 3.8) is 0 Å². The Labute approximate surface area is 97.5 Å². The predicted molar refractivity (Wildman–Crippen MR) is 67.3 cm³/mol. The maximum Gasteiger partial charge on any atom is 0.203 e. The summed E-state index contributed by atoms with van der Waals surface area (Å²) < 4.78 is 4.73. The molecule has 0 aliphatic heterocycles. The summed E-state index contributed by atoms with van der Waals surface area (Å²) in [4.78, 5) is 0. The summed E-state index contributed by atoms with van der Waals surface area (Å²) in [7, 11) is 0. The number of nitrogens with zero attached hydrogens (tertiary/aromatic N) is 2. The van der Waals surface area contributed by atoms with Crippen LogP contribution >= 0.6 is 0 Å². The lowest BCUT2D eigenvalue weighted by atomic mass is 10.2.